The molecule has 112 valence electrons. The molecule has 0 radical (unpaired) electrons. The standard InChI is InChI=1S/C17H21BrN2O/c1-4-9-19-13(3)16-7-6-15(11-20-16)21-17-8-5-14(18)10-12(17)2/h5-8,10-11,13,19H,4,9H2,1-3H3. The van der Waals surface area contributed by atoms with Crippen LogP contribution in [0.15, 0.2) is 41.0 Å². The molecule has 0 spiro atoms. The summed E-state index contributed by atoms with van der Waals surface area (Å²) in [5.41, 5.74) is 2.12. The van der Waals surface area contributed by atoms with Gasteiger partial charge < -0.3 is 10.1 Å². The zero-order valence-corrected chi connectivity index (χ0v) is 14.3. The van der Waals surface area contributed by atoms with Crippen molar-refractivity contribution < 1.29 is 4.74 Å². The van der Waals surface area contributed by atoms with Gasteiger partial charge in [0.25, 0.3) is 0 Å². The number of hydrogen-bond acceptors (Lipinski definition) is 3. The van der Waals surface area contributed by atoms with E-state index in [1.807, 2.05) is 37.3 Å². The Morgan fingerprint density at radius 2 is 2.10 bits per heavy atom. The summed E-state index contributed by atoms with van der Waals surface area (Å²) in [4.78, 5) is 4.48. The molecule has 0 saturated heterocycles. The highest BCUT2D eigenvalue weighted by Crippen LogP contribution is 2.27. The maximum atomic E-state index is 5.88. The van der Waals surface area contributed by atoms with Crippen LogP contribution in [0.3, 0.4) is 0 Å². The number of aromatic nitrogens is 1. The third-order valence-corrected chi connectivity index (χ3v) is 3.76. The lowest BCUT2D eigenvalue weighted by atomic mass is 10.2. The summed E-state index contributed by atoms with van der Waals surface area (Å²) in [5, 5.41) is 3.42. The van der Waals surface area contributed by atoms with E-state index >= 15 is 0 Å². The van der Waals surface area contributed by atoms with Crippen molar-refractivity contribution in [1.29, 1.82) is 0 Å². The lowest BCUT2D eigenvalue weighted by Gasteiger charge is -2.13. The van der Waals surface area contributed by atoms with Gasteiger partial charge in [0, 0.05) is 10.5 Å². The number of halogens is 1. The van der Waals surface area contributed by atoms with Gasteiger partial charge in [-0.05, 0) is 62.7 Å². The van der Waals surface area contributed by atoms with E-state index in [9.17, 15) is 0 Å². The van der Waals surface area contributed by atoms with Gasteiger partial charge in [-0.15, -0.1) is 0 Å². The SMILES string of the molecule is CCCNC(C)c1ccc(Oc2ccc(Br)cc2C)cn1. The molecule has 0 aliphatic carbocycles. The van der Waals surface area contributed by atoms with Gasteiger partial charge >= 0.3 is 0 Å². The van der Waals surface area contributed by atoms with E-state index in [1.165, 1.54) is 0 Å². The monoisotopic (exact) mass is 348 g/mol. The minimum atomic E-state index is 0.258. The van der Waals surface area contributed by atoms with Gasteiger partial charge in [0.05, 0.1) is 11.9 Å². The van der Waals surface area contributed by atoms with Crippen molar-refractivity contribution in [2.24, 2.45) is 0 Å². The molecule has 21 heavy (non-hydrogen) atoms. The van der Waals surface area contributed by atoms with E-state index in [0.717, 1.165) is 40.2 Å². The van der Waals surface area contributed by atoms with Crippen LogP contribution in [-0.4, -0.2) is 11.5 Å². The van der Waals surface area contributed by atoms with Gasteiger partial charge in [-0.2, -0.15) is 0 Å². The molecule has 0 saturated carbocycles. The molecule has 2 aromatic rings. The van der Waals surface area contributed by atoms with E-state index in [-0.39, 0.29) is 6.04 Å². The molecule has 3 nitrogen and oxygen atoms in total. The molecule has 0 aliphatic rings. The Bertz CT molecular complexity index is 584. The fraction of sp³-hybridized carbons (Fsp3) is 0.353. The second-order valence-electron chi connectivity index (χ2n) is 5.11. The Kier molecular flexibility index (Phi) is 5.76. The number of benzene rings is 1. The maximum absolute atomic E-state index is 5.88. The molecular formula is C17H21BrN2O. The largest absolute Gasteiger partial charge is 0.455 e. The van der Waals surface area contributed by atoms with Gasteiger partial charge in [0.15, 0.2) is 0 Å². The quantitative estimate of drug-likeness (QED) is 0.796. The lowest BCUT2D eigenvalue weighted by Crippen LogP contribution is -2.20. The van der Waals surface area contributed by atoms with Crippen molar-refractivity contribution >= 4 is 15.9 Å². The molecule has 1 heterocycles. The van der Waals surface area contributed by atoms with E-state index in [1.54, 1.807) is 6.20 Å². The fourth-order valence-corrected chi connectivity index (χ4v) is 2.50. The van der Waals surface area contributed by atoms with Gasteiger partial charge in [0.2, 0.25) is 0 Å². The molecule has 4 heteroatoms. The van der Waals surface area contributed by atoms with Crippen molar-refractivity contribution in [3.8, 4) is 11.5 Å². The molecule has 0 amide bonds. The smallest absolute Gasteiger partial charge is 0.145 e. The predicted molar refractivity (Wildman–Crippen MR) is 89.9 cm³/mol. The first-order chi connectivity index (χ1) is 10.1. The summed E-state index contributed by atoms with van der Waals surface area (Å²) in [5.74, 6) is 1.61. The summed E-state index contributed by atoms with van der Waals surface area (Å²) < 4.78 is 6.93. The second-order valence-corrected chi connectivity index (χ2v) is 6.02. The number of nitrogens with one attached hydrogen (secondary N) is 1. The Labute approximate surface area is 134 Å². The van der Waals surface area contributed by atoms with Crippen LogP contribution in [0.1, 0.15) is 37.6 Å². The van der Waals surface area contributed by atoms with Crippen LogP contribution < -0.4 is 10.1 Å². The molecule has 1 unspecified atom stereocenters. The van der Waals surface area contributed by atoms with Gasteiger partial charge in [-0.1, -0.05) is 22.9 Å². The Balaban J connectivity index is 2.05. The average Bonchev–Trinajstić information content (AvgIpc) is 2.48. The van der Waals surface area contributed by atoms with E-state index in [0.29, 0.717) is 0 Å². The zero-order chi connectivity index (χ0) is 15.2. The summed E-state index contributed by atoms with van der Waals surface area (Å²) in [7, 11) is 0. The molecule has 0 aliphatic heterocycles. The van der Waals surface area contributed by atoms with Crippen LogP contribution in [0.2, 0.25) is 0 Å². The number of hydrogen-bond donors (Lipinski definition) is 1. The molecule has 1 N–H and O–H groups in total. The van der Waals surface area contributed by atoms with E-state index in [4.69, 9.17) is 4.74 Å². The van der Waals surface area contributed by atoms with Crippen LogP contribution in [0.5, 0.6) is 11.5 Å². The van der Waals surface area contributed by atoms with Gasteiger partial charge in [0.1, 0.15) is 11.5 Å². The third-order valence-electron chi connectivity index (χ3n) is 3.27. The number of pyridine rings is 1. The fourth-order valence-electron chi connectivity index (χ4n) is 2.03. The Morgan fingerprint density at radius 1 is 1.29 bits per heavy atom. The van der Waals surface area contributed by atoms with Crippen LogP contribution in [0, 0.1) is 6.92 Å². The summed E-state index contributed by atoms with van der Waals surface area (Å²) in [6.45, 7) is 7.31. The van der Waals surface area contributed by atoms with E-state index in [2.05, 4.69) is 40.1 Å². The number of nitrogens with zero attached hydrogens (tertiary/aromatic N) is 1. The Morgan fingerprint density at radius 3 is 2.71 bits per heavy atom. The van der Waals surface area contributed by atoms with E-state index < -0.39 is 0 Å². The zero-order valence-electron chi connectivity index (χ0n) is 12.7. The first-order valence-corrected chi connectivity index (χ1v) is 8.02. The minimum absolute atomic E-state index is 0.258. The summed E-state index contributed by atoms with van der Waals surface area (Å²) >= 11 is 3.45. The molecular weight excluding hydrogens is 328 g/mol. The van der Waals surface area contributed by atoms with Crippen LogP contribution >= 0.6 is 15.9 Å². The normalized spacial score (nSPS) is 12.2. The first kappa shape index (κ1) is 16.0. The van der Waals surface area contributed by atoms with Crippen molar-refractivity contribution in [3.05, 3.63) is 52.3 Å². The molecule has 1 aromatic heterocycles. The van der Waals surface area contributed by atoms with Crippen molar-refractivity contribution in [2.75, 3.05) is 6.54 Å². The van der Waals surface area contributed by atoms with Crippen molar-refractivity contribution in [1.82, 2.24) is 10.3 Å². The maximum Gasteiger partial charge on any atom is 0.145 e. The number of aryl methyl sites for hydroxylation is 1. The third kappa shape index (κ3) is 4.55. The van der Waals surface area contributed by atoms with Crippen LogP contribution in [-0.2, 0) is 0 Å². The predicted octanol–water partition coefficient (Wildman–Crippen LogP) is 5.01. The topological polar surface area (TPSA) is 34.1 Å². The first-order valence-electron chi connectivity index (χ1n) is 7.23. The second kappa shape index (κ2) is 7.57. The summed E-state index contributed by atoms with van der Waals surface area (Å²) in [6, 6.07) is 10.2. The van der Waals surface area contributed by atoms with Gasteiger partial charge in [-0.25, -0.2) is 0 Å². The average molecular weight is 349 g/mol. The van der Waals surface area contributed by atoms with Crippen molar-refractivity contribution in [3.63, 3.8) is 0 Å². The molecule has 0 bridgehead atoms. The highest BCUT2D eigenvalue weighted by Gasteiger charge is 2.07. The minimum Gasteiger partial charge on any atom is -0.455 e. The van der Waals surface area contributed by atoms with Crippen LogP contribution in [0.25, 0.3) is 0 Å². The van der Waals surface area contributed by atoms with Crippen molar-refractivity contribution in [2.45, 2.75) is 33.2 Å². The number of rotatable bonds is 6. The lowest BCUT2D eigenvalue weighted by molar-refractivity contribution is 0.474. The highest BCUT2D eigenvalue weighted by molar-refractivity contribution is 9.10. The summed E-state index contributed by atoms with van der Waals surface area (Å²) in [6.07, 6.45) is 2.90. The Hall–Kier alpha value is -1.39. The molecule has 1 aromatic carbocycles. The number of ether oxygens (including phenoxy) is 1. The van der Waals surface area contributed by atoms with Gasteiger partial charge in [-0.3, -0.25) is 4.98 Å². The highest BCUT2D eigenvalue weighted by atomic mass is 79.9. The molecule has 0 fully saturated rings. The molecule has 2 rings (SSSR count). The van der Waals surface area contributed by atoms with Crippen LogP contribution in [0.4, 0.5) is 0 Å². The molecule has 1 atom stereocenters.